The number of hydrogen-bond acceptors (Lipinski definition) is 7. The highest BCUT2D eigenvalue weighted by atomic mass is 32.2. The predicted molar refractivity (Wildman–Crippen MR) is 124 cm³/mol. The molecule has 2 saturated heterocycles. The number of aliphatic hydroxyl groups excluding tert-OH is 4. The van der Waals surface area contributed by atoms with Crippen LogP contribution in [0.1, 0.15) is 0 Å². The fourth-order valence-electron chi connectivity index (χ4n) is 3.84. The zero-order chi connectivity index (χ0) is 28.1. The number of aliphatic hydroxyl groups is 4. The minimum Gasteiger partial charge on any atom is -0.390 e. The van der Waals surface area contributed by atoms with Gasteiger partial charge in [0.05, 0.1) is 42.8 Å². The van der Waals surface area contributed by atoms with E-state index in [0.29, 0.717) is 5.69 Å². The first-order valence-electron chi connectivity index (χ1n) is 11.2. The molecule has 0 bridgehead atoms. The fraction of sp³-hybridized carbons (Fsp3) is 0.667. The molecule has 1 aromatic rings. The van der Waals surface area contributed by atoms with Crippen LogP contribution in [0.25, 0.3) is 0 Å². The molecule has 0 unspecified atom stereocenters. The molecule has 2 fully saturated rings. The lowest BCUT2D eigenvalue weighted by Gasteiger charge is -2.38. The van der Waals surface area contributed by atoms with Gasteiger partial charge in [0.1, 0.15) is 0 Å². The number of halogens is 4. The molecular weight excluding hydrogens is 528 g/mol. The van der Waals surface area contributed by atoms with Gasteiger partial charge in [0.25, 0.3) is 10.2 Å². The van der Waals surface area contributed by atoms with Crippen LogP contribution in [0.2, 0.25) is 0 Å². The van der Waals surface area contributed by atoms with Gasteiger partial charge in [-0.3, -0.25) is 0 Å². The minimum absolute atomic E-state index is 0.178. The molecule has 212 valence electrons. The number of rotatable bonds is 5. The van der Waals surface area contributed by atoms with Crippen molar-refractivity contribution in [3.8, 4) is 0 Å². The summed E-state index contributed by atoms with van der Waals surface area (Å²) in [7, 11) is -1.32. The predicted octanol–water partition coefficient (Wildman–Crippen LogP) is -0.151. The average molecular weight is 561 g/mol. The maximum atomic E-state index is 12.8. The number of nitrogens with one attached hydrogen (secondary N) is 1. The molecule has 11 nitrogen and oxygen atoms in total. The van der Waals surface area contributed by atoms with Gasteiger partial charge < -0.3 is 30.6 Å². The molecule has 0 aromatic heterocycles. The van der Waals surface area contributed by atoms with Crippen LogP contribution in [0, 0.1) is 11.8 Å². The van der Waals surface area contributed by atoms with Crippen LogP contribution in [0.15, 0.2) is 30.3 Å². The average Bonchev–Trinajstić information content (AvgIpc) is 2.82. The fourth-order valence-corrected chi connectivity index (χ4v) is 5.01. The maximum absolute atomic E-state index is 12.8. The number of urea groups is 1. The number of carbonyl (C=O) groups is 1. The topological polar surface area (TPSA) is 154 Å². The third kappa shape index (κ3) is 7.95. The number of benzene rings is 1. The van der Waals surface area contributed by atoms with Crippen molar-refractivity contribution in [1.82, 2.24) is 13.5 Å². The zero-order valence-corrected chi connectivity index (χ0v) is 20.9. The highest BCUT2D eigenvalue weighted by Crippen LogP contribution is 2.26. The monoisotopic (exact) mass is 560 g/mol. The Morgan fingerprint density at radius 1 is 0.892 bits per heavy atom. The summed E-state index contributed by atoms with van der Waals surface area (Å²) in [6, 6.07) is 7.99. The second kappa shape index (κ2) is 13.1. The Labute approximate surface area is 212 Å². The molecule has 2 amide bonds. The first kappa shape index (κ1) is 31.1. The van der Waals surface area contributed by atoms with Crippen molar-refractivity contribution in [2.75, 3.05) is 45.6 Å². The van der Waals surface area contributed by atoms with Gasteiger partial charge in [0, 0.05) is 39.4 Å². The molecule has 2 heterocycles. The van der Waals surface area contributed by atoms with Crippen molar-refractivity contribution < 1.29 is 51.2 Å². The Morgan fingerprint density at radius 2 is 1.38 bits per heavy atom. The highest BCUT2D eigenvalue weighted by Gasteiger charge is 2.44. The summed E-state index contributed by atoms with van der Waals surface area (Å²) in [6.07, 6.45) is -11.7. The molecule has 16 heteroatoms. The number of anilines is 1. The van der Waals surface area contributed by atoms with Gasteiger partial charge >= 0.3 is 6.03 Å². The van der Waals surface area contributed by atoms with Gasteiger partial charge in [-0.1, -0.05) is 18.2 Å². The van der Waals surface area contributed by atoms with Crippen LogP contribution in [-0.4, -0.2) is 126 Å². The number of hydrogen-bond donors (Lipinski definition) is 5. The minimum atomic E-state index is -3.86. The van der Waals surface area contributed by atoms with Crippen LogP contribution in [0.3, 0.4) is 0 Å². The second-order valence-electron chi connectivity index (χ2n) is 8.92. The molecule has 5 N–H and O–H groups in total. The first-order chi connectivity index (χ1) is 17.2. The van der Waals surface area contributed by atoms with E-state index in [0.717, 1.165) is 13.5 Å². The highest BCUT2D eigenvalue weighted by molar-refractivity contribution is 7.86. The van der Waals surface area contributed by atoms with E-state index in [4.69, 9.17) is 0 Å². The normalized spacial score (nSPS) is 29.3. The van der Waals surface area contributed by atoms with Crippen molar-refractivity contribution in [2.24, 2.45) is 11.8 Å². The van der Waals surface area contributed by atoms with Crippen LogP contribution in [0.5, 0.6) is 0 Å². The molecule has 0 saturated carbocycles. The number of likely N-dealkylation sites (tertiary alicyclic amines) is 1. The number of nitrogens with zero attached hydrogens (tertiary/aromatic N) is 3. The number of alkyl halides is 4. The number of amides is 2. The maximum Gasteiger partial charge on any atom is 0.321 e. The number of β-amino-alcohol motifs (C(OH)–C–C–N with tert-alkyl or cyclic N) is 2. The third-order valence-corrected chi connectivity index (χ3v) is 7.93. The SMILES string of the molecule is CN(C)S(=O)(=O)N1C[C@@H](O)[C@H](O)[C@@H](C(F)F)C1.O=C(Nc1ccccc1)N1C[C@@H](O)[C@H](O)[C@@H](C(F)F)C1. The molecular formula is C21H32F4N4O7S. The zero-order valence-electron chi connectivity index (χ0n) is 20.1. The number of para-hydroxylation sites is 1. The standard InChI is InChI=1S/C13H16F2N2O3.C8H16F2N2O4S/c14-12(15)9-6-17(7-10(18)11(9)19)13(20)16-8-4-2-1-3-5-8;1-11(2)17(15,16)12-3-5(8(9)10)7(14)6(13)4-12/h1-5,9-12,18-19H,6-7H2,(H,16,20);5-8,13-14H,3-4H2,1-2H3/t9-,10+,11+;5-,6+,7+/m00/s1. The number of piperidine rings is 2. The summed E-state index contributed by atoms with van der Waals surface area (Å²) in [4.78, 5) is 13.0. The number of carbonyl (C=O) groups excluding carboxylic acids is 1. The van der Waals surface area contributed by atoms with Crippen molar-refractivity contribution >= 4 is 21.9 Å². The lowest BCUT2D eigenvalue weighted by Crippen LogP contribution is -2.57. The van der Waals surface area contributed by atoms with Gasteiger partial charge in [-0.2, -0.15) is 17.0 Å². The van der Waals surface area contributed by atoms with E-state index < -0.39 is 71.9 Å². The molecule has 3 rings (SSSR count). The van der Waals surface area contributed by atoms with Crippen LogP contribution in [-0.2, 0) is 10.2 Å². The molecule has 6 atom stereocenters. The molecule has 1 aromatic carbocycles. The van der Waals surface area contributed by atoms with E-state index in [2.05, 4.69) is 5.32 Å². The van der Waals surface area contributed by atoms with Crippen molar-refractivity contribution in [3.63, 3.8) is 0 Å². The largest absolute Gasteiger partial charge is 0.390 e. The molecule has 0 aliphatic carbocycles. The van der Waals surface area contributed by atoms with Crippen LogP contribution >= 0.6 is 0 Å². The Kier molecular flexibility index (Phi) is 11.0. The van der Waals surface area contributed by atoms with Gasteiger partial charge in [0.2, 0.25) is 12.9 Å². The molecule has 0 spiro atoms. The van der Waals surface area contributed by atoms with Crippen molar-refractivity contribution in [2.45, 2.75) is 37.3 Å². The van der Waals surface area contributed by atoms with Gasteiger partial charge in [-0.15, -0.1) is 0 Å². The van der Waals surface area contributed by atoms with E-state index in [1.807, 2.05) is 0 Å². The van der Waals surface area contributed by atoms with E-state index in [-0.39, 0.29) is 19.6 Å². The molecule has 37 heavy (non-hydrogen) atoms. The summed E-state index contributed by atoms with van der Waals surface area (Å²) >= 11 is 0. The Bertz CT molecular complexity index is 977. The lowest BCUT2D eigenvalue weighted by molar-refractivity contribution is -0.106. The second-order valence-corrected chi connectivity index (χ2v) is 11.1. The molecule has 0 radical (unpaired) electrons. The van der Waals surface area contributed by atoms with Gasteiger partial charge in [-0.25, -0.2) is 22.4 Å². The van der Waals surface area contributed by atoms with Crippen molar-refractivity contribution in [3.05, 3.63) is 30.3 Å². The van der Waals surface area contributed by atoms with Crippen molar-refractivity contribution in [1.29, 1.82) is 0 Å². The van der Waals surface area contributed by atoms with Gasteiger partial charge in [-0.05, 0) is 12.1 Å². The summed E-state index contributed by atoms with van der Waals surface area (Å²) in [5, 5.41) is 40.4. The lowest BCUT2D eigenvalue weighted by atomic mass is 9.93. The summed E-state index contributed by atoms with van der Waals surface area (Å²) < 4.78 is 75.8. The van der Waals surface area contributed by atoms with Gasteiger partial charge in [0.15, 0.2) is 0 Å². The summed E-state index contributed by atoms with van der Waals surface area (Å²) in [6.45, 7) is -1.36. The van der Waals surface area contributed by atoms with Crippen LogP contribution in [0.4, 0.5) is 28.0 Å². The summed E-state index contributed by atoms with van der Waals surface area (Å²) in [5.74, 6) is -3.02. The third-order valence-electron chi connectivity index (χ3n) is 6.06. The van der Waals surface area contributed by atoms with E-state index in [1.165, 1.54) is 14.1 Å². The summed E-state index contributed by atoms with van der Waals surface area (Å²) in [5.41, 5.74) is 0.534. The van der Waals surface area contributed by atoms with E-state index in [9.17, 15) is 51.2 Å². The Balaban J connectivity index is 0.000000264. The Hall–Kier alpha value is -2.08. The van der Waals surface area contributed by atoms with E-state index in [1.54, 1.807) is 30.3 Å². The van der Waals surface area contributed by atoms with E-state index >= 15 is 0 Å². The first-order valence-corrected chi connectivity index (χ1v) is 12.6. The quantitative estimate of drug-likeness (QED) is 0.314. The smallest absolute Gasteiger partial charge is 0.321 e. The molecule has 2 aliphatic heterocycles. The Morgan fingerprint density at radius 3 is 1.86 bits per heavy atom. The molecule has 2 aliphatic rings. The van der Waals surface area contributed by atoms with Crippen LogP contribution < -0.4 is 5.32 Å².